The summed E-state index contributed by atoms with van der Waals surface area (Å²) in [6.45, 7) is 1.90. The van der Waals surface area contributed by atoms with Gasteiger partial charge in [0.05, 0.1) is 0 Å². The van der Waals surface area contributed by atoms with Crippen LogP contribution >= 0.6 is 0 Å². The molecule has 3 heteroatoms. The molecule has 16 heavy (non-hydrogen) atoms. The van der Waals surface area contributed by atoms with Crippen LogP contribution in [0.2, 0.25) is 0 Å². The minimum absolute atomic E-state index is 0.00612. The Morgan fingerprint density at radius 3 is 2.19 bits per heavy atom. The number of phenolic OH excluding ortho intramolecular Hbond substituents is 3. The summed E-state index contributed by atoms with van der Waals surface area (Å²) in [6, 6.07) is 9.43. The van der Waals surface area contributed by atoms with E-state index in [1.807, 2.05) is 6.92 Å². The molecule has 2 rings (SSSR count). The van der Waals surface area contributed by atoms with E-state index in [4.69, 9.17) is 0 Å². The van der Waals surface area contributed by atoms with E-state index in [9.17, 15) is 15.3 Å². The van der Waals surface area contributed by atoms with Gasteiger partial charge >= 0.3 is 0 Å². The van der Waals surface area contributed by atoms with Crippen LogP contribution in [0.25, 0.3) is 11.1 Å². The van der Waals surface area contributed by atoms with Gasteiger partial charge in [0.2, 0.25) is 0 Å². The molecule has 0 aromatic heterocycles. The van der Waals surface area contributed by atoms with E-state index in [-0.39, 0.29) is 17.2 Å². The first-order valence-corrected chi connectivity index (χ1v) is 4.90. The van der Waals surface area contributed by atoms with Crippen molar-refractivity contribution in [1.82, 2.24) is 0 Å². The molecule has 3 N–H and O–H groups in total. The van der Waals surface area contributed by atoms with Gasteiger partial charge in [-0.25, -0.2) is 0 Å². The maximum Gasteiger partial charge on any atom is 0.127 e. The van der Waals surface area contributed by atoms with Crippen LogP contribution in [0.3, 0.4) is 0 Å². The van der Waals surface area contributed by atoms with Gasteiger partial charge in [-0.1, -0.05) is 11.6 Å². The third kappa shape index (κ3) is 1.80. The molecule has 0 radical (unpaired) electrons. The molecule has 0 amide bonds. The molecule has 0 bridgehead atoms. The van der Waals surface area contributed by atoms with Crippen LogP contribution in [-0.4, -0.2) is 15.3 Å². The van der Waals surface area contributed by atoms with Crippen LogP contribution in [-0.2, 0) is 0 Å². The molecule has 2 aromatic rings. The smallest absolute Gasteiger partial charge is 0.127 e. The van der Waals surface area contributed by atoms with Gasteiger partial charge in [-0.2, -0.15) is 0 Å². The number of hydrogen-bond donors (Lipinski definition) is 3. The van der Waals surface area contributed by atoms with Crippen molar-refractivity contribution < 1.29 is 15.3 Å². The van der Waals surface area contributed by atoms with Gasteiger partial charge in [0.1, 0.15) is 17.2 Å². The molecular weight excluding hydrogens is 204 g/mol. The maximum absolute atomic E-state index is 9.71. The van der Waals surface area contributed by atoms with Gasteiger partial charge in [-0.05, 0) is 31.2 Å². The molecule has 3 nitrogen and oxygen atoms in total. The summed E-state index contributed by atoms with van der Waals surface area (Å²) in [5.41, 5.74) is 2.04. The average Bonchev–Trinajstić information content (AvgIpc) is 2.22. The Kier molecular flexibility index (Phi) is 2.44. The minimum atomic E-state index is -0.0547. The lowest BCUT2D eigenvalue weighted by Crippen LogP contribution is -1.82. The van der Waals surface area contributed by atoms with Crippen LogP contribution in [0.15, 0.2) is 36.4 Å². The van der Waals surface area contributed by atoms with Crippen LogP contribution in [0.5, 0.6) is 17.2 Å². The molecular formula is C13H12O3. The molecule has 0 spiro atoms. The molecule has 0 aliphatic heterocycles. The maximum atomic E-state index is 9.71. The lowest BCUT2D eigenvalue weighted by Gasteiger charge is -2.08. The first-order chi connectivity index (χ1) is 7.58. The zero-order chi connectivity index (χ0) is 11.7. The van der Waals surface area contributed by atoms with Gasteiger partial charge < -0.3 is 15.3 Å². The highest BCUT2D eigenvalue weighted by atomic mass is 16.3. The molecule has 0 aliphatic rings. The van der Waals surface area contributed by atoms with E-state index in [2.05, 4.69) is 0 Å². The summed E-state index contributed by atoms with van der Waals surface area (Å²) in [5, 5.41) is 28.6. The van der Waals surface area contributed by atoms with Gasteiger partial charge in [0.15, 0.2) is 0 Å². The number of phenols is 3. The number of rotatable bonds is 1. The Bertz CT molecular complexity index is 533. The van der Waals surface area contributed by atoms with Crippen LogP contribution in [0.4, 0.5) is 0 Å². The lowest BCUT2D eigenvalue weighted by molar-refractivity contribution is 0.450. The Morgan fingerprint density at radius 2 is 1.50 bits per heavy atom. The molecule has 0 saturated carbocycles. The van der Waals surface area contributed by atoms with Gasteiger partial charge in [-0.15, -0.1) is 0 Å². The number of aryl methyl sites for hydroxylation is 1. The summed E-state index contributed by atoms with van der Waals surface area (Å²) in [7, 11) is 0. The second-order valence-corrected chi connectivity index (χ2v) is 3.72. The fourth-order valence-electron chi connectivity index (χ4n) is 1.61. The van der Waals surface area contributed by atoms with Crippen molar-refractivity contribution in [2.75, 3.05) is 0 Å². The van der Waals surface area contributed by atoms with Gasteiger partial charge in [0, 0.05) is 17.2 Å². The summed E-state index contributed by atoms with van der Waals surface area (Å²) in [6.07, 6.45) is 0. The van der Waals surface area contributed by atoms with Crippen molar-refractivity contribution in [2.45, 2.75) is 6.92 Å². The number of hydrogen-bond acceptors (Lipinski definition) is 3. The third-order valence-electron chi connectivity index (χ3n) is 2.42. The highest BCUT2D eigenvalue weighted by molar-refractivity contribution is 5.76. The Hall–Kier alpha value is -2.16. The molecule has 0 fully saturated rings. The topological polar surface area (TPSA) is 60.7 Å². The third-order valence-corrected chi connectivity index (χ3v) is 2.42. The molecule has 2 aromatic carbocycles. The zero-order valence-electron chi connectivity index (χ0n) is 8.81. The quantitative estimate of drug-likeness (QED) is 0.686. The van der Waals surface area contributed by atoms with Crippen molar-refractivity contribution in [3.8, 4) is 28.4 Å². The SMILES string of the molecule is Cc1ccc(O)c(-c2ccc(O)cc2O)c1. The molecule has 0 unspecified atom stereocenters. The molecule has 82 valence electrons. The summed E-state index contributed by atoms with van der Waals surface area (Å²) in [5.74, 6) is 0.0425. The van der Waals surface area contributed by atoms with Crippen LogP contribution < -0.4 is 0 Å². The molecule has 0 atom stereocenters. The largest absolute Gasteiger partial charge is 0.508 e. The van der Waals surface area contributed by atoms with E-state index in [1.165, 1.54) is 12.1 Å². The molecule has 0 aliphatic carbocycles. The van der Waals surface area contributed by atoms with E-state index < -0.39 is 0 Å². The number of aromatic hydroxyl groups is 3. The van der Waals surface area contributed by atoms with E-state index in [0.717, 1.165) is 5.56 Å². The van der Waals surface area contributed by atoms with E-state index in [1.54, 1.807) is 24.3 Å². The highest BCUT2D eigenvalue weighted by Gasteiger charge is 2.09. The second kappa shape index (κ2) is 3.77. The predicted octanol–water partition coefficient (Wildman–Crippen LogP) is 2.78. The number of benzene rings is 2. The Labute approximate surface area is 93.2 Å². The second-order valence-electron chi connectivity index (χ2n) is 3.72. The Morgan fingerprint density at radius 1 is 0.750 bits per heavy atom. The Balaban J connectivity index is 2.62. The fourth-order valence-corrected chi connectivity index (χ4v) is 1.61. The van der Waals surface area contributed by atoms with E-state index in [0.29, 0.717) is 11.1 Å². The normalized spacial score (nSPS) is 10.3. The standard InChI is InChI=1S/C13H12O3/c1-8-2-5-12(15)11(6-8)10-4-3-9(14)7-13(10)16/h2-7,14-16H,1H3. The first-order valence-electron chi connectivity index (χ1n) is 4.90. The van der Waals surface area contributed by atoms with Crippen molar-refractivity contribution in [3.63, 3.8) is 0 Å². The molecule has 0 saturated heterocycles. The van der Waals surface area contributed by atoms with Gasteiger partial charge in [0.25, 0.3) is 0 Å². The fraction of sp³-hybridized carbons (Fsp3) is 0.0769. The summed E-state index contributed by atoms with van der Waals surface area (Å²) < 4.78 is 0. The van der Waals surface area contributed by atoms with Crippen molar-refractivity contribution >= 4 is 0 Å². The zero-order valence-corrected chi connectivity index (χ0v) is 8.81. The van der Waals surface area contributed by atoms with Crippen LogP contribution in [0, 0.1) is 6.92 Å². The summed E-state index contributed by atoms with van der Waals surface area (Å²) >= 11 is 0. The highest BCUT2D eigenvalue weighted by Crippen LogP contribution is 2.37. The lowest BCUT2D eigenvalue weighted by atomic mass is 10.0. The summed E-state index contributed by atoms with van der Waals surface area (Å²) in [4.78, 5) is 0. The predicted molar refractivity (Wildman–Crippen MR) is 61.6 cm³/mol. The molecule has 0 heterocycles. The van der Waals surface area contributed by atoms with E-state index >= 15 is 0 Å². The van der Waals surface area contributed by atoms with Crippen LogP contribution in [0.1, 0.15) is 5.56 Å². The monoisotopic (exact) mass is 216 g/mol. The van der Waals surface area contributed by atoms with Gasteiger partial charge in [-0.3, -0.25) is 0 Å². The van der Waals surface area contributed by atoms with Crippen molar-refractivity contribution in [1.29, 1.82) is 0 Å². The minimum Gasteiger partial charge on any atom is -0.508 e. The average molecular weight is 216 g/mol. The van der Waals surface area contributed by atoms with Crippen molar-refractivity contribution in [2.24, 2.45) is 0 Å². The van der Waals surface area contributed by atoms with Crippen molar-refractivity contribution in [3.05, 3.63) is 42.0 Å². The first kappa shape index (κ1) is 10.4.